The summed E-state index contributed by atoms with van der Waals surface area (Å²) >= 11 is 0. The zero-order valence-corrected chi connectivity index (χ0v) is 45.5. The Morgan fingerprint density at radius 2 is 0.679 bits per heavy atom. The zero-order valence-electron chi connectivity index (χ0n) is 45.5. The van der Waals surface area contributed by atoms with Gasteiger partial charge in [-0.15, -0.1) is 0 Å². The first-order valence-electron chi connectivity index (χ1n) is 24.5. The Morgan fingerprint density at radius 3 is 0.768 bits per heavy atom. The van der Waals surface area contributed by atoms with Crippen LogP contribution in [0.5, 0.6) is 0 Å². The minimum Gasteiger partial charge on any atom is -0.171 e. The lowest BCUT2D eigenvalue weighted by Crippen LogP contribution is -2.38. The molecule has 0 unspecified atom stereocenters. The molecule has 0 atom stereocenters. The molecule has 354 valence electrons. The molecule has 0 nitrogen and oxygen atoms in total. The highest BCUT2D eigenvalue weighted by molar-refractivity contribution is 4.86. The van der Waals surface area contributed by atoms with Gasteiger partial charge in [0.1, 0.15) is 0 Å². The molecule has 0 spiro atoms. The van der Waals surface area contributed by atoms with E-state index in [1.165, 1.54) is 71.1 Å². The summed E-state index contributed by atoms with van der Waals surface area (Å²) in [6, 6.07) is 0. The van der Waals surface area contributed by atoms with Gasteiger partial charge in [-0.2, -0.15) is 13.2 Å². The maximum absolute atomic E-state index is 12.5. The second kappa shape index (κ2) is 50.9. The van der Waals surface area contributed by atoms with Crippen LogP contribution in [0, 0.1) is 51.8 Å². The van der Waals surface area contributed by atoms with E-state index in [-0.39, 0.29) is 0 Å². The summed E-state index contributed by atoms with van der Waals surface area (Å²) in [6.45, 7) is 61.7. The number of alkyl halides is 3. The Morgan fingerprint density at radius 1 is 0.500 bits per heavy atom. The second-order valence-corrected chi connectivity index (χ2v) is 20.3. The van der Waals surface area contributed by atoms with Crippen LogP contribution >= 0.6 is 0 Å². The summed E-state index contributed by atoms with van der Waals surface area (Å²) in [5.41, 5.74) is -0.362. The summed E-state index contributed by atoms with van der Waals surface area (Å²) in [4.78, 5) is 0. The Hall–Kier alpha value is -0.210. The van der Waals surface area contributed by atoms with Crippen molar-refractivity contribution in [3.8, 4) is 0 Å². The molecule has 0 saturated heterocycles. The second-order valence-electron chi connectivity index (χ2n) is 20.3. The molecule has 3 saturated carbocycles. The van der Waals surface area contributed by atoms with Crippen LogP contribution in [-0.2, 0) is 0 Å². The van der Waals surface area contributed by atoms with Crippen LogP contribution in [0.2, 0.25) is 0 Å². The summed E-state index contributed by atoms with van der Waals surface area (Å²) in [6.07, 6.45) is 12.1. The van der Waals surface area contributed by atoms with E-state index in [2.05, 4.69) is 145 Å². The molecule has 0 aromatic rings. The van der Waals surface area contributed by atoms with Crippen molar-refractivity contribution in [2.24, 2.45) is 51.8 Å². The molecular formula is C53H121F3. The maximum atomic E-state index is 12.5. The fraction of sp³-hybridized carbons (Fsp3) is 1.00. The topological polar surface area (TPSA) is 0 Å². The molecule has 0 aromatic heterocycles. The smallest absolute Gasteiger partial charge is 0.171 e. The molecule has 3 heteroatoms. The molecule has 3 rings (SSSR count). The van der Waals surface area contributed by atoms with Gasteiger partial charge in [0.25, 0.3) is 0 Å². The predicted octanol–water partition coefficient (Wildman–Crippen LogP) is 22.1. The molecule has 56 heavy (non-hydrogen) atoms. The van der Waals surface area contributed by atoms with E-state index in [0.717, 1.165) is 42.4 Å². The molecule has 0 bridgehead atoms. The third-order valence-corrected chi connectivity index (χ3v) is 8.27. The standard InChI is InChI=1S/C9H15F3.C6H12.C6H14.3C5H12.C4H8.C4H10.C3H8.3C2H6/c1-7-3-5-8(2,6-4-7)9(10,11)12;1-6-4-2-3-5-6;1-5-6(2,3)4;1-5(2,3)4;2*1-4-5(2)3;1-4-2-3-4;1-4(2)3;1-3-2;3*1-2/h7H,3-6H2,1-2H3;6H,2-5H2,1H3;5H2,1-4H3;1-4H3;2*5H,4H2,1-3H3;4H,2-3H2,1H3;4H,1-3H3;3H2,1-2H3;3*1-2H3. The molecule has 0 aliphatic heterocycles. The average molecular weight is 816 g/mol. The van der Waals surface area contributed by atoms with Crippen molar-refractivity contribution in [2.45, 2.75) is 297 Å². The van der Waals surface area contributed by atoms with Gasteiger partial charge in [0.2, 0.25) is 0 Å². The minimum atomic E-state index is -4.01. The quantitative estimate of drug-likeness (QED) is 0.260. The summed E-state index contributed by atoms with van der Waals surface area (Å²) in [5, 5.41) is 0. The number of rotatable bonds is 2. The Bertz CT molecular complexity index is 596. The van der Waals surface area contributed by atoms with Gasteiger partial charge in [-0.3, -0.25) is 0 Å². The summed E-state index contributed by atoms with van der Waals surface area (Å²) < 4.78 is 37.4. The largest absolute Gasteiger partial charge is 0.394 e. The molecule has 3 aliphatic carbocycles. The highest BCUT2D eigenvalue weighted by atomic mass is 19.4. The van der Waals surface area contributed by atoms with Crippen molar-refractivity contribution in [3.05, 3.63) is 0 Å². The molecule has 0 heterocycles. The van der Waals surface area contributed by atoms with E-state index in [1.54, 1.807) is 0 Å². The Kier molecular flexibility index (Phi) is 69.6. The van der Waals surface area contributed by atoms with Crippen molar-refractivity contribution < 1.29 is 13.2 Å². The van der Waals surface area contributed by atoms with Gasteiger partial charge >= 0.3 is 6.18 Å². The van der Waals surface area contributed by atoms with Crippen LogP contribution in [0.25, 0.3) is 0 Å². The monoisotopic (exact) mass is 815 g/mol. The van der Waals surface area contributed by atoms with E-state index in [4.69, 9.17) is 0 Å². The van der Waals surface area contributed by atoms with Gasteiger partial charge in [0, 0.05) is 0 Å². The minimum absolute atomic E-state index is 0.303. The number of hydrogen-bond acceptors (Lipinski definition) is 0. The fourth-order valence-electron chi connectivity index (χ4n) is 2.98. The molecule has 0 radical (unpaired) electrons. The van der Waals surface area contributed by atoms with Crippen LogP contribution in [0.1, 0.15) is 291 Å². The normalized spacial score (nSPS) is 18.2. The lowest BCUT2D eigenvalue weighted by atomic mass is 9.72. The van der Waals surface area contributed by atoms with E-state index in [0.29, 0.717) is 29.6 Å². The third-order valence-electron chi connectivity index (χ3n) is 8.27. The van der Waals surface area contributed by atoms with Crippen molar-refractivity contribution in [3.63, 3.8) is 0 Å². The maximum Gasteiger partial charge on any atom is 0.394 e. The van der Waals surface area contributed by atoms with E-state index < -0.39 is 11.6 Å². The van der Waals surface area contributed by atoms with Gasteiger partial charge in [-0.25, -0.2) is 0 Å². The first-order valence-corrected chi connectivity index (χ1v) is 24.5. The Labute approximate surface area is 360 Å². The van der Waals surface area contributed by atoms with Crippen molar-refractivity contribution in [2.75, 3.05) is 0 Å². The Balaban J connectivity index is -0.0000000642. The molecule has 3 fully saturated rings. The van der Waals surface area contributed by atoms with Crippen molar-refractivity contribution in [1.29, 1.82) is 0 Å². The van der Waals surface area contributed by atoms with Crippen LogP contribution < -0.4 is 0 Å². The van der Waals surface area contributed by atoms with E-state index >= 15 is 0 Å². The van der Waals surface area contributed by atoms with Crippen LogP contribution in [0.3, 0.4) is 0 Å². The molecule has 0 amide bonds. The molecular weight excluding hydrogens is 694 g/mol. The predicted molar refractivity (Wildman–Crippen MR) is 263 cm³/mol. The van der Waals surface area contributed by atoms with Gasteiger partial charge in [-0.1, -0.05) is 265 Å². The fourth-order valence-corrected chi connectivity index (χ4v) is 2.98. The van der Waals surface area contributed by atoms with Crippen molar-refractivity contribution >= 4 is 0 Å². The zero-order chi connectivity index (χ0) is 47.4. The number of hydrogen-bond donors (Lipinski definition) is 0. The highest BCUT2D eigenvalue weighted by Crippen LogP contribution is 2.49. The van der Waals surface area contributed by atoms with Gasteiger partial charge in [-0.05, 0) is 72.0 Å². The van der Waals surface area contributed by atoms with Crippen LogP contribution in [0.4, 0.5) is 13.2 Å². The first kappa shape index (κ1) is 76.5. The molecule has 0 N–H and O–H groups in total. The summed E-state index contributed by atoms with van der Waals surface area (Å²) in [5.74, 6) is 5.20. The SMILES string of the molecule is CC.CC.CC.CC(C)(C)C.CC(C)C.CC1CC1.CC1CCC(C)(C(F)(F)F)CC1.CC1CCCC1.CCC.CCC(C)(C)C.CCC(C)C.CCC(C)C. The van der Waals surface area contributed by atoms with Crippen molar-refractivity contribution in [1.82, 2.24) is 0 Å². The number of halogens is 3. The van der Waals surface area contributed by atoms with Crippen LogP contribution in [0.15, 0.2) is 0 Å². The third kappa shape index (κ3) is 105. The average Bonchev–Trinajstić information content (AvgIpc) is 3.73. The van der Waals surface area contributed by atoms with Gasteiger partial charge in [0.05, 0.1) is 5.41 Å². The lowest BCUT2D eigenvalue weighted by molar-refractivity contribution is -0.229. The highest BCUT2D eigenvalue weighted by Gasteiger charge is 2.51. The van der Waals surface area contributed by atoms with Gasteiger partial charge in [0.15, 0.2) is 0 Å². The first-order chi connectivity index (χ1) is 25.4. The summed E-state index contributed by atoms with van der Waals surface area (Å²) in [7, 11) is 0. The van der Waals surface area contributed by atoms with Crippen LogP contribution in [-0.4, -0.2) is 6.18 Å². The molecule has 3 aliphatic rings. The van der Waals surface area contributed by atoms with E-state index in [1.807, 2.05) is 48.5 Å². The van der Waals surface area contributed by atoms with E-state index in [9.17, 15) is 13.2 Å². The lowest BCUT2D eigenvalue weighted by Gasteiger charge is -2.37. The van der Waals surface area contributed by atoms with Gasteiger partial charge < -0.3 is 0 Å². The molecule has 0 aromatic carbocycles.